The van der Waals surface area contributed by atoms with Crippen molar-refractivity contribution in [3.8, 4) is 11.7 Å². The van der Waals surface area contributed by atoms with Crippen molar-refractivity contribution in [2.75, 3.05) is 26.9 Å². The molecule has 0 radical (unpaired) electrons. The molecule has 0 saturated carbocycles. The van der Waals surface area contributed by atoms with Gasteiger partial charge in [0.15, 0.2) is 5.82 Å². The molecule has 10 heteroatoms. The number of methoxy groups -OCH3 is 1. The summed E-state index contributed by atoms with van der Waals surface area (Å²) in [7, 11) is 1.40. The number of allylic oxidation sites excluding steroid dienone is 3. The van der Waals surface area contributed by atoms with Crippen molar-refractivity contribution in [2.24, 2.45) is 5.18 Å². The molecule has 0 bridgehead atoms. The molecule has 0 spiro atoms. The average Bonchev–Trinajstić information content (AvgIpc) is 3.47. The van der Waals surface area contributed by atoms with E-state index in [0.717, 1.165) is 55.2 Å². The van der Waals surface area contributed by atoms with Crippen LogP contribution in [-0.2, 0) is 28.0 Å². The van der Waals surface area contributed by atoms with Crippen molar-refractivity contribution in [1.82, 2.24) is 19.7 Å². The van der Waals surface area contributed by atoms with Crippen LogP contribution in [0.4, 0.5) is 0 Å². The van der Waals surface area contributed by atoms with Gasteiger partial charge >= 0.3 is 5.91 Å². The summed E-state index contributed by atoms with van der Waals surface area (Å²) in [6.07, 6.45) is 5.55. The standard InChI is InChI=1S/C34H41N5O5/c1-7-26(29-11-8-12-30(36-29)39-33(42-6)27(17-35-39)32(40)37-41)31(22(2)3)44-19-23-13-14-24-18-38(25-10-9-15-43-20-25)21-34(4,5)28(24)16-23/h7-8,11-14,16-17,25H,9-10,15,18-21H2,1-6H3/b26-7-. The van der Waals surface area contributed by atoms with Crippen LogP contribution in [0.3, 0.4) is 0 Å². The van der Waals surface area contributed by atoms with Gasteiger partial charge in [-0.15, -0.1) is 4.91 Å². The van der Waals surface area contributed by atoms with Crippen molar-refractivity contribution < 1.29 is 19.0 Å². The first-order valence-electron chi connectivity index (χ1n) is 15.1. The van der Waals surface area contributed by atoms with Gasteiger partial charge in [0, 0.05) is 41.9 Å². The number of pyridine rings is 1. The lowest BCUT2D eigenvalue weighted by Gasteiger charge is -2.44. The molecule has 5 rings (SSSR count). The van der Waals surface area contributed by atoms with Crippen LogP contribution in [-0.4, -0.2) is 58.5 Å². The summed E-state index contributed by atoms with van der Waals surface area (Å²) in [6, 6.07) is 12.7. The molecule has 2 aliphatic rings. The third-order valence-corrected chi connectivity index (χ3v) is 8.36. The average molecular weight is 600 g/mol. The highest BCUT2D eigenvalue weighted by atomic mass is 16.5. The van der Waals surface area contributed by atoms with E-state index in [1.54, 1.807) is 6.07 Å². The number of hydrogen-bond donors (Lipinski definition) is 0. The molecule has 44 heavy (non-hydrogen) atoms. The van der Waals surface area contributed by atoms with E-state index in [4.69, 9.17) is 19.2 Å². The molecule has 232 valence electrons. The number of hydrogen-bond acceptors (Lipinski definition) is 8. The van der Waals surface area contributed by atoms with Gasteiger partial charge in [-0.1, -0.05) is 44.2 Å². The van der Waals surface area contributed by atoms with Gasteiger partial charge in [-0.25, -0.2) is 4.98 Å². The maximum atomic E-state index is 11.9. The van der Waals surface area contributed by atoms with Gasteiger partial charge in [0.25, 0.3) is 0 Å². The fourth-order valence-corrected chi connectivity index (χ4v) is 6.24. The minimum atomic E-state index is -0.958. The van der Waals surface area contributed by atoms with Gasteiger partial charge in [0.05, 0.1) is 25.6 Å². The zero-order valence-corrected chi connectivity index (χ0v) is 26.4. The maximum absolute atomic E-state index is 11.9. The van der Waals surface area contributed by atoms with E-state index in [0.29, 0.717) is 24.2 Å². The van der Waals surface area contributed by atoms with Gasteiger partial charge < -0.3 is 14.2 Å². The summed E-state index contributed by atoms with van der Waals surface area (Å²) in [5.41, 5.74) is 6.35. The van der Waals surface area contributed by atoms with Gasteiger partial charge in [-0.2, -0.15) is 9.78 Å². The van der Waals surface area contributed by atoms with Crippen LogP contribution in [0.25, 0.3) is 11.4 Å². The monoisotopic (exact) mass is 599 g/mol. The summed E-state index contributed by atoms with van der Waals surface area (Å²) in [6.45, 7) is 14.7. The summed E-state index contributed by atoms with van der Waals surface area (Å²) < 4.78 is 19.0. The minimum absolute atomic E-state index is 0.0129. The van der Waals surface area contributed by atoms with Gasteiger partial charge in [-0.3, -0.25) is 9.69 Å². The number of benzene rings is 1. The SMILES string of the molecule is C/C=C(\C(OCc1ccc2c(c1)C(C)(C)CN(C1CCCOC1)C2)=C(C)C)c1cccc(-n2ncc(C(=O)N=O)c2OC)n1. The smallest absolute Gasteiger partial charge is 0.323 e. The van der Waals surface area contributed by atoms with Crippen molar-refractivity contribution in [2.45, 2.75) is 72.1 Å². The molecule has 1 fully saturated rings. The summed E-state index contributed by atoms with van der Waals surface area (Å²) in [5.74, 6) is 0.291. The predicted octanol–water partition coefficient (Wildman–Crippen LogP) is 6.37. The first-order valence-corrected chi connectivity index (χ1v) is 15.1. The molecule has 3 aromatic rings. The molecule has 1 saturated heterocycles. The van der Waals surface area contributed by atoms with Crippen LogP contribution in [0.15, 0.2) is 65.2 Å². The van der Waals surface area contributed by atoms with E-state index >= 15 is 0 Å². The number of aromatic nitrogens is 3. The summed E-state index contributed by atoms with van der Waals surface area (Å²) in [4.78, 5) is 30.2. The first-order chi connectivity index (χ1) is 21.2. The Bertz CT molecular complexity index is 1590. The maximum Gasteiger partial charge on any atom is 0.323 e. The van der Waals surface area contributed by atoms with Crippen LogP contribution in [0.5, 0.6) is 5.88 Å². The fourth-order valence-electron chi connectivity index (χ4n) is 6.24. The third kappa shape index (κ3) is 6.37. The fraction of sp³-hybridized carbons (Fsp3) is 0.441. The lowest BCUT2D eigenvalue weighted by Crippen LogP contribution is -2.49. The molecule has 0 N–H and O–H groups in total. The first kappa shape index (κ1) is 31.3. The minimum Gasteiger partial charge on any atom is -0.488 e. The number of fused-ring (bicyclic) bond motifs is 1. The number of nitroso groups, excluding NO2 is 1. The lowest BCUT2D eigenvalue weighted by atomic mass is 9.77. The van der Waals surface area contributed by atoms with Gasteiger partial charge in [0.1, 0.15) is 17.9 Å². The van der Waals surface area contributed by atoms with Crippen LogP contribution < -0.4 is 4.74 Å². The number of nitrogens with zero attached hydrogens (tertiary/aromatic N) is 5. The molecule has 2 aromatic heterocycles. The Morgan fingerprint density at radius 1 is 1.23 bits per heavy atom. The number of ether oxygens (including phenoxy) is 3. The van der Waals surface area contributed by atoms with E-state index in [-0.39, 0.29) is 16.9 Å². The highest BCUT2D eigenvalue weighted by molar-refractivity contribution is 5.97. The van der Waals surface area contributed by atoms with E-state index < -0.39 is 5.91 Å². The zero-order chi connectivity index (χ0) is 31.4. The largest absolute Gasteiger partial charge is 0.488 e. The topological polar surface area (TPSA) is 108 Å². The Labute approximate surface area is 258 Å². The van der Waals surface area contributed by atoms with E-state index in [9.17, 15) is 9.70 Å². The van der Waals surface area contributed by atoms with E-state index in [1.165, 1.54) is 35.5 Å². The number of amides is 1. The van der Waals surface area contributed by atoms with Crippen molar-refractivity contribution in [3.63, 3.8) is 0 Å². The Morgan fingerprint density at radius 3 is 2.73 bits per heavy atom. The molecular formula is C34H41N5O5. The molecular weight excluding hydrogens is 558 g/mol. The molecule has 2 aliphatic heterocycles. The van der Waals surface area contributed by atoms with Crippen LogP contribution in [0.1, 0.15) is 80.2 Å². The Morgan fingerprint density at radius 2 is 2.05 bits per heavy atom. The van der Waals surface area contributed by atoms with Gasteiger partial charge in [0.2, 0.25) is 5.88 Å². The molecule has 10 nitrogen and oxygen atoms in total. The second-order valence-corrected chi connectivity index (χ2v) is 12.2. The van der Waals surface area contributed by atoms with Crippen molar-refractivity contribution >= 4 is 11.5 Å². The van der Waals surface area contributed by atoms with Crippen LogP contribution >= 0.6 is 0 Å². The Hall–Kier alpha value is -4.15. The molecule has 4 heterocycles. The normalized spacial score (nSPS) is 18.3. The van der Waals surface area contributed by atoms with Crippen molar-refractivity contribution in [3.05, 3.63) is 92.9 Å². The quantitative estimate of drug-likeness (QED) is 0.159. The molecule has 1 atom stereocenters. The molecule has 1 amide bonds. The Balaban J connectivity index is 1.36. The van der Waals surface area contributed by atoms with Gasteiger partial charge in [-0.05, 0) is 68.0 Å². The number of rotatable bonds is 9. The second-order valence-electron chi connectivity index (χ2n) is 12.2. The predicted molar refractivity (Wildman–Crippen MR) is 169 cm³/mol. The van der Waals surface area contributed by atoms with Crippen LogP contribution in [0, 0.1) is 4.91 Å². The van der Waals surface area contributed by atoms with E-state index in [2.05, 4.69) is 47.2 Å². The molecule has 1 unspecified atom stereocenters. The summed E-state index contributed by atoms with van der Waals surface area (Å²) >= 11 is 0. The third-order valence-electron chi connectivity index (χ3n) is 8.36. The Kier molecular flexibility index (Phi) is 9.41. The highest BCUT2D eigenvalue weighted by Gasteiger charge is 2.35. The molecule has 1 aromatic carbocycles. The lowest BCUT2D eigenvalue weighted by molar-refractivity contribution is 0.00314. The number of carbonyl (C=O) groups is 1. The van der Waals surface area contributed by atoms with Crippen LogP contribution in [0.2, 0.25) is 0 Å². The summed E-state index contributed by atoms with van der Waals surface area (Å²) in [5, 5.41) is 6.72. The van der Waals surface area contributed by atoms with E-state index in [1.807, 2.05) is 39.0 Å². The zero-order valence-electron chi connectivity index (χ0n) is 26.4. The highest BCUT2D eigenvalue weighted by Crippen LogP contribution is 2.36. The second kappa shape index (κ2) is 13.2. The van der Waals surface area contributed by atoms with Crippen molar-refractivity contribution in [1.29, 1.82) is 0 Å². The number of carbonyl (C=O) groups excluding carboxylic acids is 1. The molecule has 0 aliphatic carbocycles.